The molecule has 1 atom stereocenters. The van der Waals surface area contributed by atoms with Crippen LogP contribution in [-0.4, -0.2) is 29.0 Å². The van der Waals surface area contributed by atoms with Gasteiger partial charge in [-0.05, 0) is 28.8 Å². The van der Waals surface area contributed by atoms with Gasteiger partial charge in [0, 0.05) is 6.54 Å². The number of fused-ring (bicyclic) bond motifs is 1. The van der Waals surface area contributed by atoms with Crippen LogP contribution in [0.15, 0.2) is 42.5 Å². The number of phosphoric acid groups is 1. The highest BCUT2D eigenvalue weighted by Crippen LogP contribution is 2.37. The molecule has 0 aliphatic rings. The first-order valence-corrected chi connectivity index (χ1v) is 11.6. The number of hydrogen-bond donors (Lipinski definition) is 4. The van der Waals surface area contributed by atoms with Crippen molar-refractivity contribution in [3.8, 4) is 0 Å². The van der Waals surface area contributed by atoms with Gasteiger partial charge in [-0.25, -0.2) is 9.36 Å². The second-order valence-corrected chi connectivity index (χ2v) is 7.65. The quantitative estimate of drug-likeness (QED) is 0.321. The molecule has 4 N–H and O–H groups in total. The number of carbonyl (C=O) groups is 1. The van der Waals surface area contributed by atoms with Crippen molar-refractivity contribution in [2.45, 2.75) is 52.5 Å². The van der Waals surface area contributed by atoms with E-state index in [9.17, 15) is 9.36 Å². The molecule has 0 saturated heterocycles. The summed E-state index contributed by atoms with van der Waals surface area (Å²) in [7, 11) is -4.64. The van der Waals surface area contributed by atoms with Crippen molar-refractivity contribution in [2.24, 2.45) is 0 Å². The molecule has 0 radical (unpaired) electrons. The van der Waals surface area contributed by atoms with Crippen molar-refractivity contribution in [1.29, 1.82) is 0 Å². The Morgan fingerprint density at radius 2 is 1.76 bits per heavy atom. The Morgan fingerprint density at radius 1 is 1.07 bits per heavy atom. The molecular weight excluding hydrogens is 391 g/mol. The summed E-state index contributed by atoms with van der Waals surface area (Å²) in [5.74, 6) is 0. The molecule has 1 unspecified atom stereocenters. The van der Waals surface area contributed by atoms with Gasteiger partial charge in [-0.3, -0.25) is 4.52 Å². The number of carbonyl (C=O) groups excluding carboxylic acids is 1. The van der Waals surface area contributed by atoms with Crippen molar-refractivity contribution < 1.29 is 23.7 Å². The molecule has 0 aromatic heterocycles. The molecule has 0 fully saturated rings. The van der Waals surface area contributed by atoms with Gasteiger partial charge in [0.15, 0.2) is 0 Å². The van der Waals surface area contributed by atoms with Crippen LogP contribution in [0.4, 0.5) is 4.79 Å². The van der Waals surface area contributed by atoms with Gasteiger partial charge in [0.05, 0.1) is 12.6 Å². The molecule has 2 amide bonds. The first-order valence-electron chi connectivity index (χ1n) is 10.1. The molecule has 7 nitrogen and oxygen atoms in total. The number of nitrogens with one attached hydrogen (secondary N) is 2. The summed E-state index contributed by atoms with van der Waals surface area (Å²) < 4.78 is 15.7. The molecular formula is C21H33N2O5P. The van der Waals surface area contributed by atoms with Gasteiger partial charge < -0.3 is 20.4 Å². The van der Waals surface area contributed by atoms with E-state index in [1.54, 1.807) is 0 Å². The number of rotatable bonds is 10. The zero-order chi connectivity index (χ0) is 21.7. The van der Waals surface area contributed by atoms with Crippen LogP contribution in [0.1, 0.15) is 58.1 Å². The Kier molecular flexibility index (Phi) is 11.5. The third kappa shape index (κ3) is 9.90. The highest BCUT2D eigenvalue weighted by atomic mass is 31.2. The smallest absolute Gasteiger partial charge is 0.338 e. The predicted octanol–water partition coefficient (Wildman–Crippen LogP) is 4.90. The second-order valence-electron chi connectivity index (χ2n) is 6.41. The van der Waals surface area contributed by atoms with E-state index in [4.69, 9.17) is 9.79 Å². The summed E-state index contributed by atoms with van der Waals surface area (Å²) in [5.41, 5.74) is 0.711. The number of hydrogen-bond acceptors (Lipinski definition) is 3. The molecule has 2 aromatic carbocycles. The molecule has 0 spiro atoms. The highest BCUT2D eigenvalue weighted by Gasteiger charge is 2.21. The maximum Gasteiger partial charge on any atom is 0.469 e. The normalized spacial score (nSPS) is 12.0. The molecule has 2 aromatic rings. The summed E-state index contributed by atoms with van der Waals surface area (Å²) in [6.07, 6.45) is 4.18. The zero-order valence-electron chi connectivity index (χ0n) is 17.4. The Labute approximate surface area is 173 Å². The van der Waals surface area contributed by atoms with Crippen molar-refractivity contribution in [3.63, 3.8) is 0 Å². The summed E-state index contributed by atoms with van der Waals surface area (Å²) in [6, 6.07) is 12.3. The maximum absolute atomic E-state index is 12.2. The molecule has 2 rings (SSSR count). The third-order valence-electron chi connectivity index (χ3n) is 4.21. The van der Waals surface area contributed by atoms with Crippen molar-refractivity contribution in [2.75, 3.05) is 13.2 Å². The van der Waals surface area contributed by atoms with E-state index in [-0.39, 0.29) is 12.6 Å². The fraction of sp³-hybridized carbons (Fsp3) is 0.476. The average molecular weight is 424 g/mol. The summed E-state index contributed by atoms with van der Waals surface area (Å²) >= 11 is 0. The molecule has 0 aliphatic heterocycles. The van der Waals surface area contributed by atoms with Crippen LogP contribution >= 0.6 is 7.82 Å². The largest absolute Gasteiger partial charge is 0.469 e. The third-order valence-corrected chi connectivity index (χ3v) is 4.69. The van der Waals surface area contributed by atoms with Crippen LogP contribution in [-0.2, 0) is 9.09 Å². The van der Waals surface area contributed by atoms with Gasteiger partial charge in [0.2, 0.25) is 0 Å². The molecule has 0 heterocycles. The molecule has 8 heteroatoms. The van der Waals surface area contributed by atoms with E-state index < -0.39 is 13.9 Å². The number of benzene rings is 2. The topological polar surface area (TPSA) is 108 Å². The molecule has 0 saturated carbocycles. The van der Waals surface area contributed by atoms with Crippen LogP contribution in [0.3, 0.4) is 0 Å². The van der Waals surface area contributed by atoms with Gasteiger partial charge in [-0.15, -0.1) is 0 Å². The maximum atomic E-state index is 12.2. The van der Waals surface area contributed by atoms with Crippen molar-refractivity contribution >= 4 is 24.6 Å². The lowest BCUT2D eigenvalue weighted by Gasteiger charge is -2.20. The van der Waals surface area contributed by atoms with Gasteiger partial charge in [-0.2, -0.15) is 0 Å². The van der Waals surface area contributed by atoms with Gasteiger partial charge >= 0.3 is 13.9 Å². The number of unbranched alkanes of at least 4 members (excludes halogenated alkanes) is 3. The number of phosphoric ester groups is 1. The summed E-state index contributed by atoms with van der Waals surface area (Å²) in [5, 5.41) is 7.53. The monoisotopic (exact) mass is 424 g/mol. The Balaban J connectivity index is 0.00000204. The second kappa shape index (κ2) is 13.3. The van der Waals surface area contributed by atoms with Crippen LogP contribution in [0.5, 0.6) is 0 Å². The van der Waals surface area contributed by atoms with Gasteiger partial charge in [0.1, 0.15) is 0 Å². The Hall–Kier alpha value is -1.92. The minimum atomic E-state index is -4.64. The zero-order valence-corrected chi connectivity index (χ0v) is 18.3. The fourth-order valence-corrected chi connectivity index (χ4v) is 3.12. The van der Waals surface area contributed by atoms with Crippen LogP contribution in [0.25, 0.3) is 10.8 Å². The van der Waals surface area contributed by atoms with Gasteiger partial charge in [-0.1, -0.05) is 76.4 Å². The Morgan fingerprint density at radius 3 is 2.41 bits per heavy atom. The van der Waals surface area contributed by atoms with Crippen LogP contribution < -0.4 is 10.6 Å². The first-order chi connectivity index (χ1) is 13.9. The van der Waals surface area contributed by atoms with E-state index in [1.165, 1.54) is 0 Å². The van der Waals surface area contributed by atoms with Crippen molar-refractivity contribution in [3.05, 3.63) is 48.0 Å². The number of amides is 2. The van der Waals surface area contributed by atoms with E-state index in [2.05, 4.69) is 22.1 Å². The average Bonchev–Trinajstić information content (AvgIpc) is 2.71. The van der Waals surface area contributed by atoms with Crippen molar-refractivity contribution in [1.82, 2.24) is 10.6 Å². The fourth-order valence-electron chi connectivity index (χ4n) is 2.78. The minimum absolute atomic E-state index is 0.328. The summed E-state index contributed by atoms with van der Waals surface area (Å²) in [4.78, 5) is 30.2. The Bertz CT molecular complexity index is 793. The lowest BCUT2D eigenvalue weighted by molar-refractivity contribution is 0.175. The van der Waals surface area contributed by atoms with E-state index in [0.29, 0.717) is 12.1 Å². The summed E-state index contributed by atoms with van der Waals surface area (Å²) in [6.45, 7) is 6.34. The molecule has 29 heavy (non-hydrogen) atoms. The van der Waals surface area contributed by atoms with E-state index in [1.807, 2.05) is 56.3 Å². The molecule has 0 bridgehead atoms. The molecule has 0 aliphatic carbocycles. The van der Waals surface area contributed by atoms with Crippen LogP contribution in [0, 0.1) is 0 Å². The highest BCUT2D eigenvalue weighted by molar-refractivity contribution is 7.46. The SMILES string of the molecule is CC.CCCCCCNC(=O)NC(COP(=O)(O)O)c1ccc2ccccc2c1. The lowest BCUT2D eigenvalue weighted by Crippen LogP contribution is -2.39. The predicted molar refractivity (Wildman–Crippen MR) is 117 cm³/mol. The lowest BCUT2D eigenvalue weighted by atomic mass is 10.0. The number of urea groups is 1. The minimum Gasteiger partial charge on any atom is -0.338 e. The van der Waals surface area contributed by atoms with E-state index in [0.717, 1.165) is 36.5 Å². The van der Waals surface area contributed by atoms with E-state index >= 15 is 0 Å². The molecule has 162 valence electrons. The van der Waals surface area contributed by atoms with Gasteiger partial charge in [0.25, 0.3) is 0 Å². The van der Waals surface area contributed by atoms with Crippen LogP contribution in [0.2, 0.25) is 0 Å². The standard InChI is InChI=1S/C19H27N2O5P.C2H6/c1-2-3-4-7-12-20-19(22)21-18(14-26-27(23,24)25)17-11-10-15-8-5-6-9-16(15)13-17;1-2/h5-6,8-11,13,18H,2-4,7,12,14H2,1H3,(H2,20,21,22)(H2,23,24,25);1-2H3. The first kappa shape index (κ1) is 25.1.